The first-order valence-electron chi connectivity index (χ1n) is 7.50. The van der Waals surface area contributed by atoms with Crippen LogP contribution in [0.3, 0.4) is 0 Å². The van der Waals surface area contributed by atoms with E-state index in [1.807, 2.05) is 4.90 Å². The van der Waals surface area contributed by atoms with Crippen molar-refractivity contribution in [2.45, 2.75) is 38.5 Å². The lowest BCUT2D eigenvalue weighted by molar-refractivity contribution is -0.130. The number of nitrogens with zero attached hydrogens (tertiary/aromatic N) is 2. The summed E-state index contributed by atoms with van der Waals surface area (Å²) in [5.41, 5.74) is 5.45. The average molecular weight is 253 g/mol. The highest BCUT2D eigenvalue weighted by Crippen LogP contribution is 2.20. The molecule has 2 saturated heterocycles. The molecule has 18 heavy (non-hydrogen) atoms. The highest BCUT2D eigenvalue weighted by molar-refractivity contribution is 5.76. The predicted octanol–water partition coefficient (Wildman–Crippen LogP) is 1.06. The second-order valence-electron chi connectivity index (χ2n) is 5.75. The van der Waals surface area contributed by atoms with Gasteiger partial charge in [0.05, 0.1) is 0 Å². The molecule has 0 aliphatic carbocycles. The summed E-state index contributed by atoms with van der Waals surface area (Å²) >= 11 is 0. The maximum Gasteiger partial charge on any atom is 0.222 e. The van der Waals surface area contributed by atoms with E-state index in [1.54, 1.807) is 0 Å². The van der Waals surface area contributed by atoms with Crippen molar-refractivity contribution in [1.29, 1.82) is 0 Å². The molecule has 2 aliphatic heterocycles. The SMILES string of the molecule is NCCCC(=O)N1CCC(CN2CCCCC2)C1. The van der Waals surface area contributed by atoms with Crippen LogP contribution in [0, 0.1) is 5.92 Å². The highest BCUT2D eigenvalue weighted by Gasteiger charge is 2.27. The lowest BCUT2D eigenvalue weighted by Gasteiger charge is -2.29. The highest BCUT2D eigenvalue weighted by atomic mass is 16.2. The van der Waals surface area contributed by atoms with Gasteiger partial charge in [-0.15, -0.1) is 0 Å². The summed E-state index contributed by atoms with van der Waals surface area (Å²) in [6, 6.07) is 0. The predicted molar refractivity (Wildman–Crippen MR) is 73.3 cm³/mol. The lowest BCUT2D eigenvalue weighted by atomic mass is 10.1. The number of likely N-dealkylation sites (tertiary alicyclic amines) is 2. The van der Waals surface area contributed by atoms with Crippen LogP contribution in [0.2, 0.25) is 0 Å². The van der Waals surface area contributed by atoms with Crippen molar-refractivity contribution >= 4 is 5.91 Å². The van der Waals surface area contributed by atoms with Gasteiger partial charge in [-0.3, -0.25) is 4.79 Å². The van der Waals surface area contributed by atoms with Gasteiger partial charge in [0.2, 0.25) is 5.91 Å². The first kappa shape index (κ1) is 13.8. The molecule has 2 N–H and O–H groups in total. The van der Waals surface area contributed by atoms with Gasteiger partial charge in [-0.2, -0.15) is 0 Å². The molecule has 1 unspecified atom stereocenters. The number of rotatable bonds is 5. The maximum absolute atomic E-state index is 11.9. The van der Waals surface area contributed by atoms with E-state index in [-0.39, 0.29) is 0 Å². The van der Waals surface area contributed by atoms with Gasteiger partial charge in [0.1, 0.15) is 0 Å². The van der Waals surface area contributed by atoms with Gasteiger partial charge < -0.3 is 15.5 Å². The molecule has 4 nitrogen and oxygen atoms in total. The van der Waals surface area contributed by atoms with Crippen molar-refractivity contribution in [1.82, 2.24) is 9.80 Å². The van der Waals surface area contributed by atoms with Crippen LogP contribution in [0.1, 0.15) is 38.5 Å². The number of carbonyl (C=O) groups excluding carboxylic acids is 1. The Morgan fingerprint density at radius 1 is 1.17 bits per heavy atom. The van der Waals surface area contributed by atoms with Gasteiger partial charge >= 0.3 is 0 Å². The molecule has 1 amide bonds. The topological polar surface area (TPSA) is 49.6 Å². The lowest BCUT2D eigenvalue weighted by Crippen LogP contribution is -2.36. The summed E-state index contributed by atoms with van der Waals surface area (Å²) in [4.78, 5) is 16.5. The molecule has 2 rings (SSSR count). The average Bonchev–Trinajstić information content (AvgIpc) is 2.86. The Morgan fingerprint density at radius 2 is 1.94 bits per heavy atom. The number of carbonyl (C=O) groups is 1. The van der Waals surface area contributed by atoms with Crippen molar-refractivity contribution < 1.29 is 4.79 Å². The first-order chi connectivity index (χ1) is 8.79. The van der Waals surface area contributed by atoms with Crippen molar-refractivity contribution in [3.63, 3.8) is 0 Å². The van der Waals surface area contributed by atoms with E-state index in [4.69, 9.17) is 5.73 Å². The van der Waals surface area contributed by atoms with Crippen LogP contribution in [-0.2, 0) is 4.79 Å². The fourth-order valence-electron chi connectivity index (χ4n) is 3.13. The number of nitrogens with two attached hydrogens (primary N) is 1. The number of amides is 1. The minimum Gasteiger partial charge on any atom is -0.342 e. The fourth-order valence-corrected chi connectivity index (χ4v) is 3.13. The maximum atomic E-state index is 11.9. The minimum atomic E-state index is 0.307. The Morgan fingerprint density at radius 3 is 2.67 bits per heavy atom. The minimum absolute atomic E-state index is 0.307. The van der Waals surface area contributed by atoms with Gasteiger partial charge in [-0.1, -0.05) is 6.42 Å². The molecular weight excluding hydrogens is 226 g/mol. The molecule has 0 aromatic heterocycles. The zero-order valence-corrected chi connectivity index (χ0v) is 11.4. The van der Waals surface area contributed by atoms with Gasteiger partial charge in [0.15, 0.2) is 0 Å². The number of hydrogen-bond donors (Lipinski definition) is 1. The summed E-state index contributed by atoms with van der Waals surface area (Å²) in [6.45, 7) is 6.27. The first-order valence-corrected chi connectivity index (χ1v) is 7.50. The number of piperidine rings is 1. The van der Waals surface area contributed by atoms with Crippen LogP contribution < -0.4 is 5.73 Å². The molecule has 2 fully saturated rings. The largest absolute Gasteiger partial charge is 0.342 e. The Hall–Kier alpha value is -0.610. The van der Waals surface area contributed by atoms with Gasteiger partial charge in [-0.05, 0) is 51.2 Å². The van der Waals surface area contributed by atoms with Crippen LogP contribution in [0.15, 0.2) is 0 Å². The van der Waals surface area contributed by atoms with Crippen LogP contribution >= 0.6 is 0 Å². The third kappa shape index (κ3) is 3.95. The Labute approximate surface area is 110 Å². The zero-order valence-electron chi connectivity index (χ0n) is 11.4. The van der Waals surface area contributed by atoms with E-state index in [2.05, 4.69) is 4.90 Å². The molecular formula is C14H27N3O. The summed E-state index contributed by atoms with van der Waals surface area (Å²) in [5.74, 6) is 1.01. The van der Waals surface area contributed by atoms with E-state index in [1.165, 1.54) is 45.3 Å². The summed E-state index contributed by atoms with van der Waals surface area (Å²) < 4.78 is 0. The summed E-state index contributed by atoms with van der Waals surface area (Å²) in [7, 11) is 0. The van der Waals surface area contributed by atoms with Crippen molar-refractivity contribution in [3.05, 3.63) is 0 Å². The molecule has 0 aromatic rings. The Kier molecular flexibility index (Phi) is 5.45. The number of hydrogen-bond acceptors (Lipinski definition) is 3. The second kappa shape index (κ2) is 7.10. The van der Waals surface area contributed by atoms with E-state index < -0.39 is 0 Å². The quantitative estimate of drug-likeness (QED) is 0.797. The molecule has 0 saturated carbocycles. The van der Waals surface area contributed by atoms with Gasteiger partial charge in [0, 0.05) is 26.1 Å². The van der Waals surface area contributed by atoms with E-state index in [9.17, 15) is 4.79 Å². The Balaban J connectivity index is 1.69. The monoisotopic (exact) mass is 253 g/mol. The van der Waals surface area contributed by atoms with Crippen LogP contribution in [0.5, 0.6) is 0 Å². The molecule has 4 heteroatoms. The molecule has 1 atom stereocenters. The summed E-state index contributed by atoms with van der Waals surface area (Å²) in [6.07, 6.45) is 6.74. The third-order valence-electron chi connectivity index (χ3n) is 4.20. The molecule has 0 spiro atoms. The second-order valence-corrected chi connectivity index (χ2v) is 5.75. The zero-order chi connectivity index (χ0) is 12.8. The van der Waals surface area contributed by atoms with Crippen molar-refractivity contribution in [2.75, 3.05) is 39.3 Å². The normalized spacial score (nSPS) is 25.6. The molecule has 2 heterocycles. The van der Waals surface area contributed by atoms with E-state index in [0.717, 1.165) is 19.5 Å². The van der Waals surface area contributed by atoms with Crippen LogP contribution in [0.4, 0.5) is 0 Å². The molecule has 0 bridgehead atoms. The van der Waals surface area contributed by atoms with Crippen molar-refractivity contribution in [3.8, 4) is 0 Å². The molecule has 104 valence electrons. The van der Waals surface area contributed by atoms with Gasteiger partial charge in [-0.25, -0.2) is 0 Å². The molecule has 0 aromatic carbocycles. The van der Waals surface area contributed by atoms with Crippen LogP contribution in [-0.4, -0.2) is 55.0 Å². The van der Waals surface area contributed by atoms with E-state index >= 15 is 0 Å². The third-order valence-corrected chi connectivity index (χ3v) is 4.20. The Bertz CT molecular complexity index is 264. The molecule has 2 aliphatic rings. The smallest absolute Gasteiger partial charge is 0.222 e. The standard InChI is InChI=1S/C14H27N3O/c15-7-4-5-14(18)17-10-6-13(12-17)11-16-8-2-1-3-9-16/h13H,1-12,15H2. The van der Waals surface area contributed by atoms with Gasteiger partial charge in [0.25, 0.3) is 0 Å². The van der Waals surface area contributed by atoms with E-state index in [0.29, 0.717) is 24.8 Å². The summed E-state index contributed by atoms with van der Waals surface area (Å²) in [5, 5.41) is 0. The van der Waals surface area contributed by atoms with Crippen LogP contribution in [0.25, 0.3) is 0 Å². The van der Waals surface area contributed by atoms with Crippen molar-refractivity contribution in [2.24, 2.45) is 11.7 Å². The molecule has 0 radical (unpaired) electrons. The fraction of sp³-hybridized carbons (Fsp3) is 0.929.